The van der Waals surface area contributed by atoms with Crippen LogP contribution in [-0.4, -0.2) is 24.0 Å². The summed E-state index contributed by atoms with van der Waals surface area (Å²) in [6.45, 7) is 1.65. The van der Waals surface area contributed by atoms with Gasteiger partial charge in [0.15, 0.2) is 0 Å². The number of esters is 1. The smallest absolute Gasteiger partial charge is 0.308 e. The third-order valence-electron chi connectivity index (χ3n) is 3.42. The van der Waals surface area contributed by atoms with Crippen molar-refractivity contribution in [3.8, 4) is 0 Å². The van der Waals surface area contributed by atoms with Crippen LogP contribution >= 0.6 is 0 Å². The largest absolute Gasteiger partial charge is 0.469 e. The lowest BCUT2D eigenvalue weighted by Gasteiger charge is -2.30. The van der Waals surface area contributed by atoms with Crippen molar-refractivity contribution < 1.29 is 18.7 Å². The number of aromatic amines is 1. The van der Waals surface area contributed by atoms with E-state index in [4.69, 9.17) is 0 Å². The number of nitrogens with one attached hydrogen (secondary N) is 2. The Morgan fingerprint density at radius 3 is 2.68 bits per heavy atom. The maximum absolute atomic E-state index is 13.5. The number of aromatic nitrogens is 1. The molecule has 0 spiro atoms. The SMILES string of the molecule is COC(=O)C[C@](C)(NC(=O)c1ccc[nH]1)c1cccc(F)c1. The van der Waals surface area contributed by atoms with Crippen LogP contribution in [0.2, 0.25) is 0 Å². The number of halogens is 1. The molecule has 5 nitrogen and oxygen atoms in total. The van der Waals surface area contributed by atoms with Gasteiger partial charge in [-0.05, 0) is 36.8 Å². The lowest BCUT2D eigenvalue weighted by atomic mass is 9.88. The monoisotopic (exact) mass is 304 g/mol. The predicted octanol–water partition coefficient (Wildman–Crippen LogP) is 2.36. The zero-order chi connectivity index (χ0) is 16.2. The van der Waals surface area contributed by atoms with E-state index in [2.05, 4.69) is 15.0 Å². The Labute approximate surface area is 127 Å². The molecule has 22 heavy (non-hydrogen) atoms. The molecule has 116 valence electrons. The molecule has 0 bridgehead atoms. The Morgan fingerprint density at radius 2 is 2.09 bits per heavy atom. The topological polar surface area (TPSA) is 71.2 Å². The molecular formula is C16H17FN2O3. The van der Waals surface area contributed by atoms with Gasteiger partial charge in [-0.2, -0.15) is 0 Å². The van der Waals surface area contributed by atoms with Gasteiger partial charge in [0.2, 0.25) is 0 Å². The Balaban J connectivity index is 2.33. The summed E-state index contributed by atoms with van der Waals surface area (Å²) in [5.74, 6) is -1.33. The summed E-state index contributed by atoms with van der Waals surface area (Å²) in [5, 5.41) is 2.77. The lowest BCUT2D eigenvalue weighted by molar-refractivity contribution is -0.142. The molecule has 1 aromatic heterocycles. The van der Waals surface area contributed by atoms with E-state index < -0.39 is 17.3 Å². The third kappa shape index (κ3) is 3.52. The van der Waals surface area contributed by atoms with Gasteiger partial charge in [0, 0.05) is 6.20 Å². The number of ether oxygens (including phenoxy) is 1. The minimum atomic E-state index is -1.09. The second-order valence-corrected chi connectivity index (χ2v) is 5.13. The van der Waals surface area contributed by atoms with Crippen LogP contribution < -0.4 is 5.32 Å². The zero-order valence-corrected chi connectivity index (χ0v) is 12.4. The van der Waals surface area contributed by atoms with Crippen LogP contribution in [0.4, 0.5) is 4.39 Å². The van der Waals surface area contributed by atoms with Crippen LogP contribution in [0.1, 0.15) is 29.4 Å². The Kier molecular flexibility index (Phi) is 4.60. The molecule has 0 saturated carbocycles. The van der Waals surface area contributed by atoms with E-state index in [1.165, 1.54) is 25.3 Å². The van der Waals surface area contributed by atoms with Gasteiger partial charge in [0.25, 0.3) is 5.91 Å². The summed E-state index contributed by atoms with van der Waals surface area (Å²) in [7, 11) is 1.27. The number of benzene rings is 1. The molecule has 0 aliphatic carbocycles. The number of amides is 1. The van der Waals surface area contributed by atoms with Crippen LogP contribution in [0, 0.1) is 5.82 Å². The molecule has 2 aromatic rings. The molecule has 0 radical (unpaired) electrons. The van der Waals surface area contributed by atoms with Gasteiger partial charge >= 0.3 is 5.97 Å². The van der Waals surface area contributed by atoms with Crippen LogP contribution in [-0.2, 0) is 15.1 Å². The van der Waals surface area contributed by atoms with E-state index in [-0.39, 0.29) is 12.3 Å². The van der Waals surface area contributed by atoms with Crippen LogP contribution in [0.3, 0.4) is 0 Å². The first-order valence-electron chi connectivity index (χ1n) is 6.73. The summed E-state index contributed by atoms with van der Waals surface area (Å²) >= 11 is 0. The zero-order valence-electron chi connectivity index (χ0n) is 12.4. The summed E-state index contributed by atoms with van der Waals surface area (Å²) in [6, 6.07) is 9.07. The van der Waals surface area contributed by atoms with Crippen LogP contribution in [0.15, 0.2) is 42.6 Å². The Morgan fingerprint density at radius 1 is 1.32 bits per heavy atom. The molecule has 1 aromatic carbocycles. The molecule has 0 aliphatic rings. The summed E-state index contributed by atoms with van der Waals surface area (Å²) < 4.78 is 18.2. The lowest BCUT2D eigenvalue weighted by Crippen LogP contribution is -2.45. The summed E-state index contributed by atoms with van der Waals surface area (Å²) in [5.41, 5.74) is -0.248. The van der Waals surface area contributed by atoms with Crippen molar-refractivity contribution >= 4 is 11.9 Å². The number of H-pyrrole nitrogens is 1. The first-order valence-corrected chi connectivity index (χ1v) is 6.73. The summed E-state index contributed by atoms with van der Waals surface area (Å²) in [6.07, 6.45) is 1.51. The molecule has 1 amide bonds. The summed E-state index contributed by atoms with van der Waals surface area (Å²) in [4.78, 5) is 26.7. The van der Waals surface area contributed by atoms with Crippen molar-refractivity contribution in [3.63, 3.8) is 0 Å². The van der Waals surface area contributed by atoms with E-state index in [1.54, 1.807) is 31.3 Å². The first-order chi connectivity index (χ1) is 10.4. The molecule has 1 atom stereocenters. The number of carbonyl (C=O) groups is 2. The normalized spacial score (nSPS) is 13.2. The number of methoxy groups -OCH3 is 1. The fourth-order valence-corrected chi connectivity index (χ4v) is 2.20. The number of carbonyl (C=O) groups excluding carboxylic acids is 2. The maximum atomic E-state index is 13.5. The van der Waals surface area contributed by atoms with E-state index in [9.17, 15) is 14.0 Å². The van der Waals surface area contributed by atoms with Crippen molar-refractivity contribution in [1.82, 2.24) is 10.3 Å². The minimum Gasteiger partial charge on any atom is -0.469 e. The Bertz CT molecular complexity index is 670. The van der Waals surface area contributed by atoms with Gasteiger partial charge in [-0.25, -0.2) is 4.39 Å². The fraction of sp³-hybridized carbons (Fsp3) is 0.250. The molecule has 0 fully saturated rings. The van der Waals surface area contributed by atoms with Crippen molar-refractivity contribution in [2.24, 2.45) is 0 Å². The highest BCUT2D eigenvalue weighted by atomic mass is 19.1. The highest BCUT2D eigenvalue weighted by molar-refractivity contribution is 5.93. The highest BCUT2D eigenvalue weighted by Gasteiger charge is 2.32. The highest BCUT2D eigenvalue weighted by Crippen LogP contribution is 2.26. The number of rotatable bonds is 5. The molecule has 0 saturated heterocycles. The predicted molar refractivity (Wildman–Crippen MR) is 78.6 cm³/mol. The maximum Gasteiger partial charge on any atom is 0.308 e. The Hall–Kier alpha value is -2.63. The second kappa shape index (κ2) is 6.43. The average molecular weight is 304 g/mol. The standard InChI is InChI=1S/C16H17FN2O3/c1-16(10-14(20)22-2,11-5-3-6-12(17)9-11)19-15(21)13-7-4-8-18-13/h3-9,18H,10H2,1-2H3,(H,19,21)/t16-/m0/s1. The molecule has 1 heterocycles. The van der Waals surface area contributed by atoms with E-state index in [0.29, 0.717) is 11.3 Å². The minimum absolute atomic E-state index is 0.112. The van der Waals surface area contributed by atoms with Gasteiger partial charge in [-0.15, -0.1) is 0 Å². The molecule has 2 rings (SSSR count). The molecular weight excluding hydrogens is 287 g/mol. The average Bonchev–Trinajstić information content (AvgIpc) is 3.01. The first kappa shape index (κ1) is 15.8. The van der Waals surface area contributed by atoms with Gasteiger partial charge in [-0.3, -0.25) is 9.59 Å². The second-order valence-electron chi connectivity index (χ2n) is 5.13. The van der Waals surface area contributed by atoms with Crippen LogP contribution in [0.5, 0.6) is 0 Å². The molecule has 0 aliphatic heterocycles. The molecule has 0 unspecified atom stereocenters. The van der Waals surface area contributed by atoms with Crippen molar-refractivity contribution in [2.45, 2.75) is 18.9 Å². The van der Waals surface area contributed by atoms with Gasteiger partial charge in [0.1, 0.15) is 11.5 Å². The molecule has 6 heteroatoms. The molecule has 2 N–H and O–H groups in total. The quantitative estimate of drug-likeness (QED) is 0.833. The van der Waals surface area contributed by atoms with E-state index in [0.717, 1.165) is 0 Å². The van der Waals surface area contributed by atoms with Crippen molar-refractivity contribution in [2.75, 3.05) is 7.11 Å². The van der Waals surface area contributed by atoms with Gasteiger partial charge < -0.3 is 15.0 Å². The number of hydrogen-bond donors (Lipinski definition) is 2. The van der Waals surface area contributed by atoms with Gasteiger partial charge in [-0.1, -0.05) is 12.1 Å². The van der Waals surface area contributed by atoms with Crippen molar-refractivity contribution in [3.05, 3.63) is 59.7 Å². The van der Waals surface area contributed by atoms with Crippen LogP contribution in [0.25, 0.3) is 0 Å². The van der Waals surface area contributed by atoms with Crippen molar-refractivity contribution in [1.29, 1.82) is 0 Å². The van der Waals surface area contributed by atoms with Gasteiger partial charge in [0.05, 0.1) is 19.1 Å². The van der Waals surface area contributed by atoms with E-state index >= 15 is 0 Å². The van der Waals surface area contributed by atoms with E-state index in [1.807, 2.05) is 0 Å². The third-order valence-corrected chi connectivity index (χ3v) is 3.42. The fourth-order valence-electron chi connectivity index (χ4n) is 2.20. The number of hydrogen-bond acceptors (Lipinski definition) is 3.